The molecule has 1 saturated heterocycles. The van der Waals surface area contributed by atoms with Gasteiger partial charge in [-0.05, 0) is 72.8 Å². The summed E-state index contributed by atoms with van der Waals surface area (Å²) >= 11 is 0. The van der Waals surface area contributed by atoms with Crippen molar-refractivity contribution in [3.8, 4) is 0 Å². The maximum Gasteiger partial charge on any atom is 0.312 e. The Labute approximate surface area is 391 Å². The number of carbonyl (C=O) groups is 7. The third-order valence-electron chi connectivity index (χ3n) is 13.1. The van der Waals surface area contributed by atoms with Crippen molar-refractivity contribution in [3.63, 3.8) is 0 Å². The van der Waals surface area contributed by atoms with Gasteiger partial charge < -0.3 is 36.0 Å². The summed E-state index contributed by atoms with van der Waals surface area (Å²) in [6.45, 7) is 15.0. The van der Waals surface area contributed by atoms with Gasteiger partial charge >= 0.3 is 5.97 Å². The number of aliphatic hydroxyl groups is 1. The van der Waals surface area contributed by atoms with Crippen LogP contribution in [0.25, 0.3) is 0 Å². The summed E-state index contributed by atoms with van der Waals surface area (Å²) < 4.78 is 0. The fourth-order valence-corrected chi connectivity index (χ4v) is 8.94. The molecule has 4 rings (SSSR count). The second-order valence-corrected chi connectivity index (χ2v) is 21.0. The first-order chi connectivity index (χ1) is 31.1. The Kier molecular flexibility index (Phi) is 19.5. The summed E-state index contributed by atoms with van der Waals surface area (Å²) in [4.78, 5) is 101. The molecule has 2 aromatic rings. The van der Waals surface area contributed by atoms with Gasteiger partial charge in [0.25, 0.3) is 0 Å². The predicted molar refractivity (Wildman–Crippen MR) is 253 cm³/mol. The minimum Gasteiger partial charge on any atom is -0.481 e. The Morgan fingerprint density at radius 3 is 1.76 bits per heavy atom. The normalized spacial score (nSPS) is 16.9. The summed E-state index contributed by atoms with van der Waals surface area (Å²) in [6.07, 6.45) is 3.75. The number of aliphatic hydroxyl groups excluding tert-OH is 1. The van der Waals surface area contributed by atoms with Crippen LogP contribution in [0.2, 0.25) is 0 Å². The maximum atomic E-state index is 14.6. The summed E-state index contributed by atoms with van der Waals surface area (Å²) in [5.41, 5.74) is -0.823. The van der Waals surface area contributed by atoms with E-state index in [-0.39, 0.29) is 49.0 Å². The van der Waals surface area contributed by atoms with Crippen LogP contribution < -0.4 is 21.3 Å². The molecule has 364 valence electrons. The first-order valence-corrected chi connectivity index (χ1v) is 23.7. The van der Waals surface area contributed by atoms with Crippen LogP contribution in [0.1, 0.15) is 118 Å². The maximum absolute atomic E-state index is 14.6. The van der Waals surface area contributed by atoms with Crippen molar-refractivity contribution in [2.45, 2.75) is 144 Å². The van der Waals surface area contributed by atoms with E-state index in [2.05, 4.69) is 21.3 Å². The van der Waals surface area contributed by atoms with Crippen LogP contribution in [0, 0.1) is 28.1 Å². The largest absolute Gasteiger partial charge is 0.481 e. The lowest BCUT2D eigenvalue weighted by Gasteiger charge is -2.38. The number of benzene rings is 2. The van der Waals surface area contributed by atoms with Crippen LogP contribution in [0.5, 0.6) is 0 Å². The average Bonchev–Trinajstić information content (AvgIpc) is 3.99. The number of hydrogen-bond donors (Lipinski definition) is 6. The van der Waals surface area contributed by atoms with Gasteiger partial charge in [0.1, 0.15) is 30.6 Å². The topological polar surface area (TPSA) is 215 Å². The molecule has 1 aliphatic carbocycles. The molecule has 6 N–H and O–H groups in total. The molecule has 0 aromatic heterocycles. The average molecular weight is 917 g/mol. The lowest BCUT2D eigenvalue weighted by molar-refractivity contribution is -0.159. The number of nitrogens with zero attached hydrogens (tertiary/aromatic N) is 2. The van der Waals surface area contributed by atoms with Crippen LogP contribution in [-0.4, -0.2) is 118 Å². The zero-order chi connectivity index (χ0) is 48.8. The van der Waals surface area contributed by atoms with Crippen molar-refractivity contribution < 1.29 is 43.8 Å². The summed E-state index contributed by atoms with van der Waals surface area (Å²) in [6, 6.07) is 14.2. The number of carbonyl (C=O) groups excluding carboxylic acids is 6. The van der Waals surface area contributed by atoms with Gasteiger partial charge in [-0.1, -0.05) is 129 Å². The molecule has 2 aromatic carbocycles. The molecule has 4 atom stereocenters. The summed E-state index contributed by atoms with van der Waals surface area (Å²) in [5.74, 6) is -5.45. The van der Waals surface area contributed by atoms with E-state index in [1.54, 1.807) is 25.7 Å². The number of rotatable bonds is 23. The fraction of sp³-hybridized carbons (Fsp3) is 0.627. The Morgan fingerprint density at radius 2 is 1.29 bits per heavy atom. The highest BCUT2D eigenvalue weighted by Crippen LogP contribution is 2.42. The number of ketones is 1. The Morgan fingerprint density at radius 1 is 0.742 bits per heavy atom. The van der Waals surface area contributed by atoms with Crippen molar-refractivity contribution in [2.75, 3.05) is 32.9 Å². The van der Waals surface area contributed by atoms with Crippen LogP contribution in [0.4, 0.5) is 0 Å². The molecule has 2 aliphatic rings. The van der Waals surface area contributed by atoms with E-state index in [1.165, 1.54) is 0 Å². The van der Waals surface area contributed by atoms with Crippen molar-refractivity contribution in [1.82, 2.24) is 31.1 Å². The molecular weight excluding hydrogens is 841 g/mol. The van der Waals surface area contributed by atoms with Crippen molar-refractivity contribution in [1.29, 1.82) is 0 Å². The van der Waals surface area contributed by atoms with E-state index < -0.39 is 83.7 Å². The van der Waals surface area contributed by atoms with Gasteiger partial charge in [-0.2, -0.15) is 0 Å². The standard InChI is InChI=1S/C51H76N6O9/c1-34(2)41(52-32-39(59)37(29-35-19-11-9-12-20-35)30-36-21-13-10-14-22-36)45(62)54-42(50(6,7)8)46(63)53-38(31-40(60)56-26-17-18-27-56)44(61)55-43(51(48(65)66)23-15-16-24-51)47(64)57(33-58)28-25-49(3,4)5/h9-14,19-22,34,37-38,41-43,52,58H,15-18,23-33H2,1-8H3,(H,53,63)(H,54,62)(H,55,61)(H,65,66). The molecule has 1 heterocycles. The van der Waals surface area contributed by atoms with Crippen LogP contribution >= 0.6 is 0 Å². The smallest absolute Gasteiger partial charge is 0.312 e. The predicted octanol–water partition coefficient (Wildman–Crippen LogP) is 4.64. The van der Waals surface area contributed by atoms with E-state index >= 15 is 0 Å². The van der Waals surface area contributed by atoms with Gasteiger partial charge in [0, 0.05) is 25.6 Å². The van der Waals surface area contributed by atoms with Crippen molar-refractivity contribution in [3.05, 3.63) is 71.8 Å². The van der Waals surface area contributed by atoms with E-state index in [4.69, 9.17) is 0 Å². The second kappa shape index (κ2) is 24.0. The number of hydrogen-bond acceptors (Lipinski definition) is 9. The Hall–Kier alpha value is -5.15. The quantitative estimate of drug-likeness (QED) is 0.0850. The number of Topliss-reactive ketones (excluding diaryl/α,β-unsaturated/α-hetero) is 1. The SMILES string of the molecule is CC(C)C(NCC(=O)C(Cc1ccccc1)Cc1ccccc1)C(=O)NC(C(=O)NC(CC(=O)N1CCCC1)C(=O)NC(C(=O)N(CO)CCC(C)(C)C)C1(C(=O)O)CCCC1)C(C)(C)C. The van der Waals surface area contributed by atoms with E-state index in [1.807, 2.05) is 95.3 Å². The number of amides is 5. The molecule has 2 fully saturated rings. The fourth-order valence-electron chi connectivity index (χ4n) is 8.94. The lowest BCUT2D eigenvalue weighted by atomic mass is 9.77. The minimum atomic E-state index is -1.69. The van der Waals surface area contributed by atoms with Gasteiger partial charge in [0.2, 0.25) is 29.5 Å². The molecule has 0 bridgehead atoms. The van der Waals surface area contributed by atoms with Crippen LogP contribution in [-0.2, 0) is 46.4 Å². The first-order valence-electron chi connectivity index (χ1n) is 23.7. The minimum absolute atomic E-state index is 0.0711. The van der Waals surface area contributed by atoms with Crippen molar-refractivity contribution >= 4 is 41.3 Å². The number of carboxylic acids is 1. The second-order valence-electron chi connectivity index (χ2n) is 21.0. The van der Waals surface area contributed by atoms with Gasteiger partial charge in [-0.25, -0.2) is 0 Å². The Bertz CT molecular complexity index is 1910. The molecule has 15 nitrogen and oxygen atoms in total. The third-order valence-corrected chi connectivity index (χ3v) is 13.1. The van der Waals surface area contributed by atoms with E-state index in [0.717, 1.165) is 28.9 Å². The molecule has 66 heavy (non-hydrogen) atoms. The van der Waals surface area contributed by atoms with Crippen LogP contribution in [0.15, 0.2) is 60.7 Å². The molecule has 1 saturated carbocycles. The number of carboxylic acid groups (broad SMARTS) is 1. The summed E-state index contributed by atoms with van der Waals surface area (Å²) in [7, 11) is 0. The van der Waals surface area contributed by atoms with Crippen molar-refractivity contribution in [2.24, 2.45) is 28.1 Å². The van der Waals surface area contributed by atoms with Gasteiger partial charge in [-0.3, -0.25) is 38.9 Å². The monoisotopic (exact) mass is 917 g/mol. The number of nitrogens with one attached hydrogen (secondary N) is 4. The zero-order valence-electron chi connectivity index (χ0n) is 40.5. The Balaban J connectivity index is 1.59. The molecule has 5 amide bonds. The molecule has 0 radical (unpaired) electrons. The highest BCUT2D eigenvalue weighted by molar-refractivity contribution is 5.99. The van der Waals surface area contributed by atoms with Gasteiger partial charge in [0.15, 0.2) is 0 Å². The molecule has 15 heteroatoms. The highest BCUT2D eigenvalue weighted by atomic mass is 16.4. The van der Waals surface area contributed by atoms with E-state index in [9.17, 15) is 43.8 Å². The molecular formula is C51H76N6O9. The lowest BCUT2D eigenvalue weighted by Crippen LogP contribution is -2.64. The molecule has 4 unspecified atom stereocenters. The summed E-state index contributed by atoms with van der Waals surface area (Å²) in [5, 5.41) is 32.5. The molecule has 1 aliphatic heterocycles. The molecule has 0 spiro atoms. The van der Waals surface area contributed by atoms with Gasteiger partial charge in [0.05, 0.1) is 24.4 Å². The van der Waals surface area contributed by atoms with Crippen LogP contribution in [0.3, 0.4) is 0 Å². The first kappa shape index (κ1) is 53.5. The number of aliphatic carboxylic acids is 1. The van der Waals surface area contributed by atoms with Gasteiger partial charge in [-0.15, -0.1) is 0 Å². The third kappa shape index (κ3) is 15.2. The zero-order valence-corrected chi connectivity index (χ0v) is 40.5. The van der Waals surface area contributed by atoms with E-state index in [0.29, 0.717) is 45.2 Å². The number of likely N-dealkylation sites (tertiary alicyclic amines) is 1. The highest BCUT2D eigenvalue weighted by Gasteiger charge is 2.53.